The third kappa shape index (κ3) is 4.47. The lowest BCUT2D eigenvalue weighted by Gasteiger charge is -2.26. The summed E-state index contributed by atoms with van der Waals surface area (Å²) in [6.45, 7) is 5.34. The minimum Gasteiger partial charge on any atom is -0.496 e. The first kappa shape index (κ1) is 25.0. The topological polar surface area (TPSA) is 124 Å². The summed E-state index contributed by atoms with van der Waals surface area (Å²) in [7, 11) is 3.47. The molecule has 9 heteroatoms. The average Bonchev–Trinajstić information content (AvgIpc) is 3.19. The van der Waals surface area contributed by atoms with Gasteiger partial charge in [-0.3, -0.25) is 9.59 Å². The van der Waals surface area contributed by atoms with Crippen LogP contribution in [-0.4, -0.2) is 39.5 Å². The highest BCUT2D eigenvalue weighted by Gasteiger charge is 2.25. The van der Waals surface area contributed by atoms with Crippen molar-refractivity contribution in [2.45, 2.75) is 32.2 Å². The number of carbonyl (C=O) groups excluding carboxylic acids is 2. The van der Waals surface area contributed by atoms with Gasteiger partial charge < -0.3 is 25.7 Å². The maximum absolute atomic E-state index is 12.9. The van der Waals surface area contributed by atoms with Crippen LogP contribution >= 0.6 is 0 Å². The van der Waals surface area contributed by atoms with Gasteiger partial charge >= 0.3 is 0 Å². The summed E-state index contributed by atoms with van der Waals surface area (Å²) >= 11 is 0. The Labute approximate surface area is 220 Å². The number of anilines is 2. The number of ether oxygens (including phenoxy) is 1. The van der Waals surface area contributed by atoms with Gasteiger partial charge in [0.1, 0.15) is 23.5 Å². The number of hydrogen-bond acceptors (Lipinski definition) is 6. The number of fused-ring (bicyclic) bond motifs is 1. The lowest BCUT2D eigenvalue weighted by atomic mass is 9.92. The van der Waals surface area contributed by atoms with Gasteiger partial charge in [-0.15, -0.1) is 0 Å². The molecule has 1 saturated carbocycles. The van der Waals surface area contributed by atoms with Gasteiger partial charge in [0.25, 0.3) is 11.8 Å². The third-order valence-corrected chi connectivity index (χ3v) is 6.98. The smallest absolute Gasteiger partial charge is 0.255 e. The average molecular weight is 511 g/mol. The number of methoxy groups -OCH3 is 1. The number of amides is 2. The fourth-order valence-electron chi connectivity index (χ4n) is 4.69. The van der Waals surface area contributed by atoms with Crippen LogP contribution in [0.25, 0.3) is 33.4 Å². The van der Waals surface area contributed by atoms with Crippen LogP contribution in [-0.2, 0) is 11.8 Å². The van der Waals surface area contributed by atoms with Crippen molar-refractivity contribution in [3.63, 3.8) is 0 Å². The molecule has 0 radical (unpaired) electrons. The van der Waals surface area contributed by atoms with E-state index in [1.165, 1.54) is 6.33 Å². The van der Waals surface area contributed by atoms with Gasteiger partial charge in [-0.1, -0.05) is 24.8 Å². The zero-order valence-electron chi connectivity index (χ0n) is 21.7. The molecule has 2 heterocycles. The van der Waals surface area contributed by atoms with E-state index in [1.807, 2.05) is 48.0 Å². The van der Waals surface area contributed by atoms with E-state index >= 15 is 0 Å². The molecule has 5 rings (SSSR count). The maximum Gasteiger partial charge on any atom is 0.255 e. The van der Waals surface area contributed by atoms with Gasteiger partial charge in [-0.25, -0.2) is 9.97 Å². The first-order chi connectivity index (χ1) is 18.3. The molecule has 4 aromatic rings. The molecule has 0 aliphatic heterocycles. The highest BCUT2D eigenvalue weighted by atomic mass is 16.5. The molecule has 2 amide bonds. The van der Waals surface area contributed by atoms with E-state index in [0.717, 1.165) is 41.6 Å². The van der Waals surface area contributed by atoms with Gasteiger partial charge in [0, 0.05) is 29.9 Å². The Morgan fingerprint density at radius 1 is 1.11 bits per heavy atom. The first-order valence-corrected chi connectivity index (χ1v) is 12.4. The van der Waals surface area contributed by atoms with Gasteiger partial charge in [0.15, 0.2) is 0 Å². The highest BCUT2D eigenvalue weighted by Crippen LogP contribution is 2.43. The molecular weight excluding hydrogens is 480 g/mol. The van der Waals surface area contributed by atoms with Crippen LogP contribution in [0.2, 0.25) is 0 Å². The Kier molecular flexibility index (Phi) is 6.59. The van der Waals surface area contributed by atoms with E-state index < -0.39 is 0 Å². The molecule has 1 aliphatic carbocycles. The summed E-state index contributed by atoms with van der Waals surface area (Å²) in [6, 6.07) is 13.3. The number of nitrogens with two attached hydrogens (primary N) is 1. The van der Waals surface area contributed by atoms with Gasteiger partial charge in [0.2, 0.25) is 0 Å². The molecule has 1 fully saturated rings. The SMILES string of the molecule is C=C(C)C(=O)Nc1ccc(-c2c(-c3ccc(C(=O)NC4CCC4)c(OC)c3)c3c(N)ncnc3n2C)cc1. The predicted octanol–water partition coefficient (Wildman–Crippen LogP) is 4.69. The van der Waals surface area contributed by atoms with Crippen LogP contribution in [0, 0.1) is 0 Å². The van der Waals surface area contributed by atoms with Crippen LogP contribution in [0.5, 0.6) is 5.75 Å². The first-order valence-electron chi connectivity index (χ1n) is 12.4. The Morgan fingerprint density at radius 2 is 1.82 bits per heavy atom. The summed E-state index contributed by atoms with van der Waals surface area (Å²) in [5.74, 6) is 0.435. The second-order valence-electron chi connectivity index (χ2n) is 9.57. The standard InChI is InChI=1S/C29H30N6O3/c1-16(2)28(36)33-20-11-8-17(9-12-20)25-23(24-26(30)31-15-32-27(24)35(25)3)18-10-13-21(22(14-18)38-4)29(37)34-19-6-5-7-19/h8-15,19H,1,5-7H2,2-4H3,(H,33,36)(H,34,37)(H2,30,31,32). The van der Waals surface area contributed by atoms with Crippen molar-refractivity contribution in [1.82, 2.24) is 19.9 Å². The third-order valence-electron chi connectivity index (χ3n) is 6.98. The largest absolute Gasteiger partial charge is 0.496 e. The van der Waals surface area contributed by atoms with E-state index in [2.05, 4.69) is 27.2 Å². The summed E-state index contributed by atoms with van der Waals surface area (Å²) in [4.78, 5) is 33.7. The second kappa shape index (κ2) is 10.0. The van der Waals surface area contributed by atoms with E-state index in [0.29, 0.717) is 39.4 Å². The van der Waals surface area contributed by atoms with E-state index in [9.17, 15) is 9.59 Å². The van der Waals surface area contributed by atoms with Gasteiger partial charge in [0.05, 0.1) is 23.8 Å². The van der Waals surface area contributed by atoms with Crippen molar-refractivity contribution >= 4 is 34.4 Å². The molecule has 0 bridgehead atoms. The lowest BCUT2D eigenvalue weighted by Crippen LogP contribution is -2.39. The zero-order chi connectivity index (χ0) is 27.0. The fourth-order valence-corrected chi connectivity index (χ4v) is 4.69. The van der Waals surface area contributed by atoms with E-state index in [4.69, 9.17) is 10.5 Å². The highest BCUT2D eigenvalue weighted by molar-refractivity contribution is 6.09. The van der Waals surface area contributed by atoms with Crippen LogP contribution in [0.1, 0.15) is 36.5 Å². The van der Waals surface area contributed by atoms with Crippen molar-refractivity contribution < 1.29 is 14.3 Å². The summed E-state index contributed by atoms with van der Waals surface area (Å²) in [5.41, 5.74) is 12.0. The Morgan fingerprint density at radius 3 is 2.45 bits per heavy atom. The van der Waals surface area contributed by atoms with Gasteiger partial charge in [-0.2, -0.15) is 0 Å². The Hall–Kier alpha value is -4.66. The van der Waals surface area contributed by atoms with Crippen LogP contribution in [0.3, 0.4) is 0 Å². The molecule has 4 N–H and O–H groups in total. The lowest BCUT2D eigenvalue weighted by molar-refractivity contribution is -0.112. The predicted molar refractivity (Wildman–Crippen MR) is 149 cm³/mol. The number of aromatic nitrogens is 3. The molecule has 0 spiro atoms. The molecule has 0 atom stereocenters. The second-order valence-corrected chi connectivity index (χ2v) is 9.57. The number of nitrogens with one attached hydrogen (secondary N) is 2. The summed E-state index contributed by atoms with van der Waals surface area (Å²) in [5, 5.41) is 6.61. The molecule has 2 aromatic carbocycles. The molecular formula is C29H30N6O3. The number of aryl methyl sites for hydroxylation is 1. The normalized spacial score (nSPS) is 13.1. The minimum absolute atomic E-state index is 0.147. The summed E-state index contributed by atoms with van der Waals surface area (Å²) < 4.78 is 7.62. The maximum atomic E-state index is 12.9. The fraction of sp³-hybridized carbons (Fsp3) is 0.241. The quantitative estimate of drug-likeness (QED) is 0.310. The molecule has 38 heavy (non-hydrogen) atoms. The van der Waals surface area contributed by atoms with Crippen molar-refractivity contribution in [3.05, 3.63) is 66.5 Å². The van der Waals surface area contributed by atoms with Crippen LogP contribution in [0.15, 0.2) is 60.9 Å². The van der Waals surface area contributed by atoms with Crippen molar-refractivity contribution in [1.29, 1.82) is 0 Å². The molecule has 0 saturated heterocycles. The number of rotatable bonds is 7. The van der Waals surface area contributed by atoms with Crippen molar-refractivity contribution in [2.75, 3.05) is 18.2 Å². The van der Waals surface area contributed by atoms with Crippen molar-refractivity contribution in [3.8, 4) is 28.1 Å². The minimum atomic E-state index is -0.236. The number of benzene rings is 2. The summed E-state index contributed by atoms with van der Waals surface area (Å²) in [6.07, 6.45) is 4.58. The molecule has 0 unspecified atom stereocenters. The number of hydrogen-bond donors (Lipinski definition) is 3. The molecule has 2 aromatic heterocycles. The van der Waals surface area contributed by atoms with E-state index in [-0.39, 0.29) is 17.9 Å². The number of nitrogens with zero attached hydrogens (tertiary/aromatic N) is 3. The Bertz CT molecular complexity index is 1570. The molecule has 194 valence electrons. The van der Waals surface area contributed by atoms with Crippen molar-refractivity contribution in [2.24, 2.45) is 7.05 Å². The monoisotopic (exact) mass is 510 g/mol. The number of nitrogen functional groups attached to an aromatic ring is 1. The number of carbonyl (C=O) groups is 2. The van der Waals surface area contributed by atoms with E-state index in [1.54, 1.807) is 20.1 Å². The molecule has 1 aliphatic rings. The van der Waals surface area contributed by atoms with Gasteiger partial charge in [-0.05, 0) is 61.6 Å². The molecule has 9 nitrogen and oxygen atoms in total. The van der Waals surface area contributed by atoms with Crippen LogP contribution < -0.4 is 21.1 Å². The van der Waals surface area contributed by atoms with Crippen LogP contribution in [0.4, 0.5) is 11.5 Å². The Balaban J connectivity index is 1.62. The zero-order valence-corrected chi connectivity index (χ0v) is 21.7.